The first kappa shape index (κ1) is 19.7. The fourth-order valence-corrected chi connectivity index (χ4v) is 1.92. The van der Waals surface area contributed by atoms with E-state index in [1.54, 1.807) is 7.11 Å². The zero-order valence-corrected chi connectivity index (χ0v) is 13.3. The smallest absolute Gasteiger partial charge is 0.134 e. The summed E-state index contributed by atoms with van der Waals surface area (Å²) < 4.78 is 5.32. The number of hydrogen-bond donors (Lipinski definition) is 2. The first-order valence-electron chi connectivity index (χ1n) is 7.65. The Balaban J connectivity index is 4.03. The number of unbranched alkanes of at least 4 members (excludes halogenated alkanes) is 4. The van der Waals surface area contributed by atoms with E-state index in [4.69, 9.17) is 9.84 Å². The summed E-state index contributed by atoms with van der Waals surface area (Å²) in [6, 6.07) is 0. The molecule has 0 heterocycles. The summed E-state index contributed by atoms with van der Waals surface area (Å²) in [7, 11) is 1.62. The predicted molar refractivity (Wildman–Crippen MR) is 86.6 cm³/mol. The first-order valence-corrected chi connectivity index (χ1v) is 7.65. The largest absolute Gasteiger partial charge is 0.389 e. The molecular weight excluding hydrogens is 264 g/mol. The molecule has 0 aliphatic heterocycles. The van der Waals surface area contributed by atoms with Crippen LogP contribution in [0.3, 0.4) is 0 Å². The average Bonchev–Trinajstić information content (AvgIpc) is 2.50. The molecule has 0 spiro atoms. The van der Waals surface area contributed by atoms with Gasteiger partial charge in [0.2, 0.25) is 0 Å². The molecule has 0 saturated heterocycles. The van der Waals surface area contributed by atoms with Crippen molar-refractivity contribution in [2.45, 2.75) is 70.2 Å². The van der Waals surface area contributed by atoms with Gasteiger partial charge in [0.25, 0.3) is 0 Å². The van der Waals surface area contributed by atoms with Crippen molar-refractivity contribution in [2.75, 3.05) is 7.11 Å². The molecule has 0 aromatic rings. The van der Waals surface area contributed by atoms with Crippen LogP contribution in [0.2, 0.25) is 0 Å². The van der Waals surface area contributed by atoms with E-state index in [1.165, 1.54) is 31.8 Å². The van der Waals surface area contributed by atoms with Gasteiger partial charge in [0.05, 0.1) is 12.2 Å². The van der Waals surface area contributed by atoms with Crippen molar-refractivity contribution in [1.29, 1.82) is 0 Å². The second-order valence-electron chi connectivity index (χ2n) is 5.00. The molecule has 0 aromatic carbocycles. The quantitative estimate of drug-likeness (QED) is 0.370. The summed E-state index contributed by atoms with van der Waals surface area (Å²) in [6.07, 6.45) is 6.87. The molecule has 0 fully saturated rings. The van der Waals surface area contributed by atoms with Crippen LogP contribution in [0, 0.1) is 23.7 Å². The van der Waals surface area contributed by atoms with Gasteiger partial charge in [-0.15, -0.1) is 0 Å². The van der Waals surface area contributed by atoms with Gasteiger partial charge in [0, 0.05) is 13.5 Å². The Morgan fingerprint density at radius 2 is 1.86 bits per heavy atom. The van der Waals surface area contributed by atoms with Gasteiger partial charge in [-0.2, -0.15) is 0 Å². The molecule has 3 atom stereocenters. The monoisotopic (exact) mass is 292 g/mol. The number of aliphatic hydroxyl groups excluding tert-OH is 2. The molecule has 0 rings (SSSR count). The van der Waals surface area contributed by atoms with Gasteiger partial charge < -0.3 is 14.9 Å². The molecule has 0 radical (unpaired) electrons. The Bertz CT molecular complexity index is 381. The van der Waals surface area contributed by atoms with E-state index in [9.17, 15) is 5.11 Å². The van der Waals surface area contributed by atoms with Crippen LogP contribution in [0.15, 0.2) is 12.7 Å². The summed E-state index contributed by atoms with van der Waals surface area (Å²) >= 11 is 0. The maximum Gasteiger partial charge on any atom is 0.134 e. The highest BCUT2D eigenvalue weighted by Gasteiger charge is 2.16. The Labute approximate surface area is 129 Å². The average molecular weight is 292 g/mol. The number of aliphatic hydroxyl groups is 2. The molecule has 3 heteroatoms. The van der Waals surface area contributed by atoms with Crippen LogP contribution in [0.1, 0.15) is 51.9 Å². The van der Waals surface area contributed by atoms with Crippen molar-refractivity contribution < 1.29 is 14.9 Å². The highest BCUT2D eigenvalue weighted by atomic mass is 16.5. The van der Waals surface area contributed by atoms with Crippen molar-refractivity contribution in [1.82, 2.24) is 0 Å². The topological polar surface area (TPSA) is 49.7 Å². The lowest BCUT2D eigenvalue weighted by atomic mass is 10.0. The second-order valence-corrected chi connectivity index (χ2v) is 5.00. The first-order chi connectivity index (χ1) is 10.2. The zero-order valence-electron chi connectivity index (χ0n) is 13.3. The minimum Gasteiger partial charge on any atom is -0.389 e. The highest BCUT2D eigenvalue weighted by Crippen LogP contribution is 2.13. The molecule has 21 heavy (non-hydrogen) atoms. The van der Waals surface area contributed by atoms with Gasteiger partial charge in [-0.1, -0.05) is 63.5 Å². The van der Waals surface area contributed by atoms with Crippen molar-refractivity contribution in [3.8, 4) is 23.7 Å². The molecule has 0 bridgehead atoms. The summed E-state index contributed by atoms with van der Waals surface area (Å²) in [5.74, 6) is 10.4. The lowest BCUT2D eigenvalue weighted by Crippen LogP contribution is -2.27. The minimum atomic E-state index is -0.848. The van der Waals surface area contributed by atoms with Crippen molar-refractivity contribution in [2.24, 2.45) is 0 Å². The van der Waals surface area contributed by atoms with E-state index in [0.717, 1.165) is 12.8 Å². The standard InChI is InChI=1S/C18H28O3/c1-4-6-7-8-12-15-18(21-3)17(20)14-11-9-10-13-16(19)5-2/h5,16-20H,2,4,6-8,12,14-15H2,1,3H3/t16?,17-,18-/m1/s1. The van der Waals surface area contributed by atoms with Gasteiger partial charge >= 0.3 is 0 Å². The Hall–Kier alpha value is -1.26. The molecule has 3 nitrogen and oxygen atoms in total. The molecular formula is C18H28O3. The maximum atomic E-state index is 10.0. The number of rotatable bonds is 10. The van der Waals surface area contributed by atoms with Crippen LogP contribution in [-0.4, -0.2) is 35.6 Å². The Morgan fingerprint density at radius 1 is 1.14 bits per heavy atom. The molecule has 118 valence electrons. The summed E-state index contributed by atoms with van der Waals surface area (Å²) in [6.45, 7) is 5.60. The zero-order chi connectivity index (χ0) is 15.9. The molecule has 0 aromatic heterocycles. The minimum absolute atomic E-state index is 0.173. The van der Waals surface area contributed by atoms with Gasteiger partial charge in [0.1, 0.15) is 6.10 Å². The van der Waals surface area contributed by atoms with Crippen LogP contribution < -0.4 is 0 Å². The van der Waals surface area contributed by atoms with E-state index in [1.807, 2.05) is 0 Å². The number of ether oxygens (including phenoxy) is 1. The normalized spacial score (nSPS) is 14.1. The van der Waals surface area contributed by atoms with Crippen LogP contribution in [0.4, 0.5) is 0 Å². The number of methoxy groups -OCH3 is 1. The van der Waals surface area contributed by atoms with E-state index >= 15 is 0 Å². The summed E-state index contributed by atoms with van der Waals surface area (Å²) in [4.78, 5) is 0. The van der Waals surface area contributed by atoms with Gasteiger partial charge in [-0.25, -0.2) is 0 Å². The van der Waals surface area contributed by atoms with E-state index in [2.05, 4.69) is 37.2 Å². The van der Waals surface area contributed by atoms with Crippen molar-refractivity contribution in [3.63, 3.8) is 0 Å². The fourth-order valence-electron chi connectivity index (χ4n) is 1.92. The predicted octanol–water partition coefficient (Wildman–Crippen LogP) is 2.67. The third-order valence-electron chi connectivity index (χ3n) is 3.23. The second kappa shape index (κ2) is 13.7. The SMILES string of the molecule is C=CC(O)C#CC#CC[C@@H](O)[C@@H](CCCCCCC)OC. The van der Waals surface area contributed by atoms with Crippen LogP contribution in [-0.2, 0) is 4.74 Å². The molecule has 0 saturated carbocycles. The summed E-state index contributed by atoms with van der Waals surface area (Å²) in [5.41, 5.74) is 0. The highest BCUT2D eigenvalue weighted by molar-refractivity contribution is 5.28. The maximum absolute atomic E-state index is 10.0. The van der Waals surface area contributed by atoms with Crippen LogP contribution >= 0.6 is 0 Å². The van der Waals surface area contributed by atoms with E-state index in [0.29, 0.717) is 6.42 Å². The summed E-state index contributed by atoms with van der Waals surface area (Å²) in [5, 5.41) is 19.1. The lowest BCUT2D eigenvalue weighted by Gasteiger charge is -2.19. The molecule has 0 aliphatic carbocycles. The van der Waals surface area contributed by atoms with Gasteiger partial charge in [0.15, 0.2) is 0 Å². The fraction of sp³-hybridized carbons (Fsp3) is 0.667. The Morgan fingerprint density at radius 3 is 2.48 bits per heavy atom. The molecule has 0 amide bonds. The van der Waals surface area contributed by atoms with Gasteiger partial charge in [-0.3, -0.25) is 0 Å². The Kier molecular flexibility index (Phi) is 12.9. The number of hydrogen-bond acceptors (Lipinski definition) is 3. The van der Waals surface area contributed by atoms with E-state index in [-0.39, 0.29) is 6.10 Å². The van der Waals surface area contributed by atoms with Crippen LogP contribution in [0.5, 0.6) is 0 Å². The molecule has 2 N–H and O–H groups in total. The third-order valence-corrected chi connectivity index (χ3v) is 3.23. The van der Waals surface area contributed by atoms with Crippen LogP contribution in [0.25, 0.3) is 0 Å². The van der Waals surface area contributed by atoms with Crippen molar-refractivity contribution in [3.05, 3.63) is 12.7 Å². The lowest BCUT2D eigenvalue weighted by molar-refractivity contribution is -0.0146. The van der Waals surface area contributed by atoms with Gasteiger partial charge in [-0.05, 0) is 18.3 Å². The third kappa shape index (κ3) is 11.1. The molecule has 1 unspecified atom stereocenters. The molecule has 0 aliphatic rings. The van der Waals surface area contributed by atoms with Crippen molar-refractivity contribution >= 4 is 0 Å². The van der Waals surface area contributed by atoms with E-state index < -0.39 is 12.2 Å².